The van der Waals surface area contributed by atoms with Gasteiger partial charge in [-0.1, -0.05) is 36.4 Å². The van der Waals surface area contributed by atoms with Gasteiger partial charge in [0.1, 0.15) is 24.5 Å². The maximum Gasteiger partial charge on any atom is 0.328 e. The maximum atomic E-state index is 13.0. The van der Waals surface area contributed by atoms with Crippen LogP contribution < -0.4 is 14.8 Å². The lowest BCUT2D eigenvalue weighted by atomic mass is 9.98. The lowest BCUT2D eigenvalue weighted by Gasteiger charge is -2.21. The lowest BCUT2D eigenvalue weighted by Crippen LogP contribution is -2.46. The van der Waals surface area contributed by atoms with Crippen molar-refractivity contribution in [2.45, 2.75) is 25.2 Å². The maximum absolute atomic E-state index is 13.0. The zero-order chi connectivity index (χ0) is 28.4. The second-order valence-corrected chi connectivity index (χ2v) is 8.36. The number of rotatable bonds is 13. The van der Waals surface area contributed by atoms with Gasteiger partial charge in [0.25, 0.3) is 0 Å². The number of aromatic nitrogens is 2. The van der Waals surface area contributed by atoms with Crippen molar-refractivity contribution in [2.24, 2.45) is 5.92 Å². The quantitative estimate of drug-likeness (QED) is 0.249. The predicted molar refractivity (Wildman–Crippen MR) is 140 cm³/mol. The Bertz CT molecular complexity index is 1270. The van der Waals surface area contributed by atoms with Gasteiger partial charge in [0.05, 0.1) is 45.0 Å². The van der Waals surface area contributed by atoms with Crippen molar-refractivity contribution in [3.05, 3.63) is 84.6 Å². The van der Waals surface area contributed by atoms with Crippen molar-refractivity contribution in [3.8, 4) is 17.3 Å². The second kappa shape index (κ2) is 13.8. The van der Waals surface area contributed by atoms with Crippen LogP contribution in [-0.2, 0) is 30.5 Å². The molecule has 0 spiro atoms. The fraction of sp³-hybridized carbons (Fsp3) is 0.286. The molecule has 0 aliphatic carbocycles. The smallest absolute Gasteiger partial charge is 0.328 e. The lowest BCUT2D eigenvalue weighted by molar-refractivity contribution is -0.151. The van der Waals surface area contributed by atoms with E-state index in [1.54, 1.807) is 7.11 Å². The van der Waals surface area contributed by atoms with Crippen molar-refractivity contribution in [1.82, 2.24) is 15.1 Å². The molecular formula is C28H31N3O8. The molecule has 0 bridgehead atoms. The number of methoxy groups -OCH3 is 3. The minimum atomic E-state index is -1.45. The molecule has 11 heteroatoms. The molecule has 0 fully saturated rings. The van der Waals surface area contributed by atoms with E-state index >= 15 is 0 Å². The highest BCUT2D eigenvalue weighted by atomic mass is 16.5. The normalized spacial score (nSPS) is 12.9. The van der Waals surface area contributed by atoms with Gasteiger partial charge in [-0.25, -0.2) is 9.48 Å². The number of hydrogen-bond donors (Lipinski definition) is 2. The van der Waals surface area contributed by atoms with Crippen LogP contribution in [0.5, 0.6) is 11.6 Å². The molecule has 2 aromatic carbocycles. The summed E-state index contributed by atoms with van der Waals surface area (Å²) in [5.74, 6) is -2.49. The third kappa shape index (κ3) is 7.45. The number of nitrogens with one attached hydrogen (secondary N) is 1. The van der Waals surface area contributed by atoms with E-state index in [-0.39, 0.29) is 12.3 Å². The second-order valence-electron chi connectivity index (χ2n) is 8.36. The molecule has 2 N–H and O–H groups in total. The Labute approximate surface area is 225 Å². The minimum Gasteiger partial charge on any atom is -0.497 e. The molecule has 3 atom stereocenters. The molecule has 1 amide bonds. The van der Waals surface area contributed by atoms with E-state index in [9.17, 15) is 19.5 Å². The molecule has 0 saturated heterocycles. The molecule has 206 valence electrons. The molecule has 3 rings (SSSR count). The zero-order valence-corrected chi connectivity index (χ0v) is 21.9. The number of aliphatic hydroxyl groups excluding tert-OH is 1. The Kier molecular flexibility index (Phi) is 10.2. The number of carbonyl (C=O) groups is 3. The first-order chi connectivity index (χ1) is 18.8. The molecule has 0 radical (unpaired) electrons. The van der Waals surface area contributed by atoms with Gasteiger partial charge in [0.2, 0.25) is 11.8 Å². The van der Waals surface area contributed by atoms with Gasteiger partial charge in [-0.05, 0) is 29.8 Å². The van der Waals surface area contributed by atoms with Gasteiger partial charge < -0.3 is 29.4 Å². The van der Waals surface area contributed by atoms with E-state index in [2.05, 4.69) is 26.5 Å². The Balaban J connectivity index is 1.85. The minimum absolute atomic E-state index is 0.131. The van der Waals surface area contributed by atoms with Gasteiger partial charge in [0, 0.05) is 6.07 Å². The highest BCUT2D eigenvalue weighted by molar-refractivity contribution is 5.89. The largest absolute Gasteiger partial charge is 0.497 e. The molecule has 2 unspecified atom stereocenters. The molecule has 0 aliphatic heterocycles. The predicted octanol–water partition coefficient (Wildman–Crippen LogP) is 2.52. The van der Waals surface area contributed by atoms with Crippen LogP contribution in [0.25, 0.3) is 5.69 Å². The van der Waals surface area contributed by atoms with Crippen molar-refractivity contribution in [1.29, 1.82) is 0 Å². The molecule has 1 aromatic heterocycles. The summed E-state index contributed by atoms with van der Waals surface area (Å²) < 4.78 is 22.0. The van der Waals surface area contributed by atoms with Gasteiger partial charge in [-0.2, -0.15) is 5.10 Å². The molecule has 3 aromatic rings. The average Bonchev–Trinajstić information content (AvgIpc) is 3.40. The van der Waals surface area contributed by atoms with Crippen LogP contribution in [0, 0.1) is 5.92 Å². The van der Waals surface area contributed by atoms with Crippen molar-refractivity contribution >= 4 is 17.8 Å². The van der Waals surface area contributed by atoms with Gasteiger partial charge in [-0.15, -0.1) is 6.58 Å². The summed E-state index contributed by atoms with van der Waals surface area (Å²) in [6.07, 6.45) is -0.667. The summed E-state index contributed by atoms with van der Waals surface area (Å²) in [5, 5.41) is 18.0. The van der Waals surface area contributed by atoms with E-state index in [0.29, 0.717) is 17.3 Å². The number of aliphatic hydroxyl groups is 1. The van der Waals surface area contributed by atoms with Crippen LogP contribution in [0.1, 0.15) is 23.8 Å². The number of amides is 1. The van der Waals surface area contributed by atoms with Crippen LogP contribution >= 0.6 is 0 Å². The Morgan fingerprint density at radius 1 is 1.05 bits per heavy atom. The van der Waals surface area contributed by atoms with E-state index in [0.717, 1.165) is 19.8 Å². The summed E-state index contributed by atoms with van der Waals surface area (Å²) in [7, 11) is 3.87. The molecule has 0 saturated carbocycles. The number of carbonyl (C=O) groups excluding carboxylic acids is 3. The summed E-state index contributed by atoms with van der Waals surface area (Å²) in [4.78, 5) is 36.8. The van der Waals surface area contributed by atoms with Crippen molar-refractivity contribution in [3.63, 3.8) is 0 Å². The zero-order valence-electron chi connectivity index (χ0n) is 21.9. The highest BCUT2D eigenvalue weighted by Crippen LogP contribution is 2.29. The summed E-state index contributed by atoms with van der Waals surface area (Å²) in [6, 6.07) is 16.7. The van der Waals surface area contributed by atoms with Gasteiger partial charge >= 0.3 is 11.9 Å². The SMILES string of the molecule is C=CC(C(=O)NC(CC(=O)OC)C(=O)OC)[C@H](O)c1cc(OCc2ccc(OC)cc2)n(-c2ccccc2)n1. The molecule has 39 heavy (non-hydrogen) atoms. The Morgan fingerprint density at radius 3 is 2.33 bits per heavy atom. The first-order valence-electron chi connectivity index (χ1n) is 12.0. The first kappa shape index (κ1) is 28.9. The van der Waals surface area contributed by atoms with E-state index < -0.39 is 42.3 Å². The van der Waals surface area contributed by atoms with Crippen LogP contribution in [0.15, 0.2) is 73.3 Å². The van der Waals surface area contributed by atoms with E-state index in [1.165, 1.54) is 16.8 Å². The van der Waals surface area contributed by atoms with Crippen LogP contribution in [-0.4, -0.2) is 60.1 Å². The third-order valence-electron chi connectivity index (χ3n) is 5.84. The number of esters is 2. The standard InChI is InChI=1S/C28H31N3O8/c1-5-21(27(34)29-23(28(35)38-4)16-25(32)37-3)26(33)22-15-24(31(30-22)19-9-7-6-8-10-19)39-17-18-11-13-20(36-2)14-12-18/h5-15,21,23,26,33H,1,16-17H2,2-4H3,(H,29,34)/t21?,23?,26-/m0/s1. The van der Waals surface area contributed by atoms with Gasteiger partial charge in [0.15, 0.2) is 0 Å². The number of benzene rings is 2. The summed E-state index contributed by atoms with van der Waals surface area (Å²) in [5.41, 5.74) is 1.68. The summed E-state index contributed by atoms with van der Waals surface area (Å²) >= 11 is 0. The molecule has 0 aliphatic rings. The van der Waals surface area contributed by atoms with E-state index in [1.807, 2.05) is 54.6 Å². The van der Waals surface area contributed by atoms with Gasteiger partial charge in [-0.3, -0.25) is 9.59 Å². The monoisotopic (exact) mass is 537 g/mol. The fourth-order valence-electron chi connectivity index (χ4n) is 3.68. The third-order valence-corrected chi connectivity index (χ3v) is 5.84. The molecular weight excluding hydrogens is 506 g/mol. The van der Waals surface area contributed by atoms with E-state index in [4.69, 9.17) is 9.47 Å². The molecule has 1 heterocycles. The van der Waals surface area contributed by atoms with Crippen molar-refractivity contribution in [2.75, 3.05) is 21.3 Å². The average molecular weight is 538 g/mol. The highest BCUT2D eigenvalue weighted by Gasteiger charge is 2.33. The van der Waals surface area contributed by atoms with Crippen LogP contribution in [0.4, 0.5) is 0 Å². The number of para-hydroxylation sites is 1. The Morgan fingerprint density at radius 2 is 1.74 bits per heavy atom. The number of hydrogen-bond acceptors (Lipinski definition) is 9. The van der Waals surface area contributed by atoms with Crippen LogP contribution in [0.3, 0.4) is 0 Å². The topological polar surface area (TPSA) is 138 Å². The van der Waals surface area contributed by atoms with Crippen molar-refractivity contribution < 1.29 is 38.4 Å². The number of nitrogens with zero attached hydrogens (tertiary/aromatic N) is 2. The summed E-state index contributed by atoms with van der Waals surface area (Å²) in [6.45, 7) is 3.86. The fourth-order valence-corrected chi connectivity index (χ4v) is 3.68. The number of ether oxygens (including phenoxy) is 4. The Hall–Kier alpha value is -4.64. The van der Waals surface area contributed by atoms with Crippen LogP contribution in [0.2, 0.25) is 0 Å². The molecule has 11 nitrogen and oxygen atoms in total. The first-order valence-corrected chi connectivity index (χ1v) is 12.0.